The predicted molar refractivity (Wildman–Crippen MR) is 73.0 cm³/mol. The predicted octanol–water partition coefficient (Wildman–Crippen LogP) is -0.379. The lowest BCUT2D eigenvalue weighted by Gasteiger charge is -2.12. The van der Waals surface area contributed by atoms with Crippen LogP contribution in [0.1, 0.15) is 0 Å². The molecular formula is C12H26N2O6. The van der Waals surface area contributed by atoms with Crippen LogP contribution in [0.3, 0.4) is 0 Å². The van der Waals surface area contributed by atoms with Crippen LogP contribution in [0.4, 0.5) is 4.79 Å². The van der Waals surface area contributed by atoms with Crippen molar-refractivity contribution in [1.82, 2.24) is 4.90 Å². The molecule has 8 heteroatoms. The minimum atomic E-state index is -0.961. The number of carboxylic acid groups (broad SMARTS) is 1. The molecule has 0 rings (SSSR count). The van der Waals surface area contributed by atoms with Crippen LogP contribution in [0.2, 0.25) is 0 Å². The number of hydrogen-bond acceptors (Lipinski definition) is 6. The molecule has 1 amide bonds. The first kappa shape index (κ1) is 19.1. The molecule has 0 aromatic heterocycles. The molecule has 0 heterocycles. The zero-order valence-corrected chi connectivity index (χ0v) is 12.1. The van der Waals surface area contributed by atoms with Crippen LogP contribution in [0.25, 0.3) is 0 Å². The molecule has 120 valence electrons. The van der Waals surface area contributed by atoms with Crippen molar-refractivity contribution in [2.75, 3.05) is 73.0 Å². The maximum atomic E-state index is 10.5. The van der Waals surface area contributed by atoms with Gasteiger partial charge in [-0.15, -0.1) is 0 Å². The number of hydrogen-bond donors (Lipinski definition) is 2. The van der Waals surface area contributed by atoms with Gasteiger partial charge in [-0.05, 0) is 0 Å². The molecule has 0 aliphatic carbocycles. The van der Waals surface area contributed by atoms with E-state index < -0.39 is 6.09 Å². The maximum Gasteiger partial charge on any atom is 0.407 e. The van der Waals surface area contributed by atoms with Gasteiger partial charge in [0.25, 0.3) is 0 Å². The molecule has 0 saturated carbocycles. The van der Waals surface area contributed by atoms with E-state index in [1.165, 1.54) is 11.9 Å². The summed E-state index contributed by atoms with van der Waals surface area (Å²) in [7, 11) is 1.50. The van der Waals surface area contributed by atoms with Crippen molar-refractivity contribution >= 4 is 6.09 Å². The van der Waals surface area contributed by atoms with Crippen molar-refractivity contribution in [1.29, 1.82) is 0 Å². The molecule has 8 nitrogen and oxygen atoms in total. The highest BCUT2D eigenvalue weighted by atomic mass is 16.6. The number of amides is 1. The number of ether oxygens (including phenoxy) is 4. The molecule has 0 aliphatic rings. The van der Waals surface area contributed by atoms with Gasteiger partial charge in [-0.2, -0.15) is 0 Å². The summed E-state index contributed by atoms with van der Waals surface area (Å²) >= 11 is 0. The third kappa shape index (κ3) is 13.5. The van der Waals surface area contributed by atoms with Crippen molar-refractivity contribution in [2.45, 2.75) is 0 Å². The van der Waals surface area contributed by atoms with Gasteiger partial charge in [-0.3, -0.25) is 0 Å². The fraction of sp³-hybridized carbons (Fsp3) is 0.917. The van der Waals surface area contributed by atoms with E-state index in [1.807, 2.05) is 0 Å². The van der Waals surface area contributed by atoms with Crippen LogP contribution in [-0.2, 0) is 18.9 Å². The molecule has 0 radical (unpaired) electrons. The molecule has 0 spiro atoms. The van der Waals surface area contributed by atoms with E-state index >= 15 is 0 Å². The van der Waals surface area contributed by atoms with Gasteiger partial charge in [-0.25, -0.2) is 4.79 Å². The smallest absolute Gasteiger partial charge is 0.407 e. The van der Waals surface area contributed by atoms with Gasteiger partial charge >= 0.3 is 6.09 Å². The van der Waals surface area contributed by atoms with Crippen LogP contribution in [-0.4, -0.2) is 89.1 Å². The fourth-order valence-corrected chi connectivity index (χ4v) is 1.14. The molecule has 20 heavy (non-hydrogen) atoms. The highest BCUT2D eigenvalue weighted by Crippen LogP contribution is 1.86. The Bertz CT molecular complexity index is 230. The quantitative estimate of drug-likeness (QED) is 0.421. The number of rotatable bonds is 14. The molecule has 0 aromatic rings. The van der Waals surface area contributed by atoms with Crippen LogP contribution >= 0.6 is 0 Å². The Hall–Kier alpha value is -0.930. The van der Waals surface area contributed by atoms with Gasteiger partial charge in [0.05, 0.1) is 52.9 Å². The Kier molecular flexibility index (Phi) is 13.8. The monoisotopic (exact) mass is 294 g/mol. The van der Waals surface area contributed by atoms with Gasteiger partial charge in [0.2, 0.25) is 0 Å². The van der Waals surface area contributed by atoms with Crippen LogP contribution in [0, 0.1) is 0 Å². The summed E-state index contributed by atoms with van der Waals surface area (Å²) in [4.78, 5) is 11.6. The minimum absolute atomic E-state index is 0.348. The second-order valence-corrected chi connectivity index (χ2v) is 3.94. The third-order valence-corrected chi connectivity index (χ3v) is 2.28. The van der Waals surface area contributed by atoms with E-state index in [-0.39, 0.29) is 0 Å². The number of carbonyl (C=O) groups is 1. The Labute approximate surface area is 119 Å². The molecule has 0 unspecified atom stereocenters. The SMILES string of the molecule is CN(CCOCCOCCOCCOCCN)C(=O)O. The van der Waals surface area contributed by atoms with Crippen molar-refractivity contribution in [3.05, 3.63) is 0 Å². The van der Waals surface area contributed by atoms with Crippen LogP contribution in [0.15, 0.2) is 0 Å². The van der Waals surface area contributed by atoms with Crippen molar-refractivity contribution in [3.8, 4) is 0 Å². The number of nitrogens with two attached hydrogens (primary N) is 1. The summed E-state index contributed by atoms with van der Waals surface area (Å²) < 4.78 is 20.9. The lowest BCUT2D eigenvalue weighted by Crippen LogP contribution is -2.28. The Morgan fingerprint density at radius 1 is 0.900 bits per heavy atom. The van der Waals surface area contributed by atoms with E-state index in [2.05, 4.69) is 0 Å². The maximum absolute atomic E-state index is 10.5. The zero-order chi connectivity index (χ0) is 15.1. The Morgan fingerprint density at radius 3 is 1.70 bits per heavy atom. The van der Waals surface area contributed by atoms with Crippen molar-refractivity contribution in [3.63, 3.8) is 0 Å². The van der Waals surface area contributed by atoms with Gasteiger partial charge in [0.1, 0.15) is 0 Å². The highest BCUT2D eigenvalue weighted by Gasteiger charge is 2.03. The second-order valence-electron chi connectivity index (χ2n) is 3.94. The zero-order valence-electron chi connectivity index (χ0n) is 12.1. The first-order valence-electron chi connectivity index (χ1n) is 6.63. The van der Waals surface area contributed by atoms with Crippen molar-refractivity contribution in [2.24, 2.45) is 5.73 Å². The van der Waals surface area contributed by atoms with Gasteiger partial charge < -0.3 is 34.7 Å². The summed E-state index contributed by atoms with van der Waals surface area (Å²) in [6.07, 6.45) is -0.961. The number of likely N-dealkylation sites (N-methyl/N-ethyl adjacent to an activating group) is 1. The van der Waals surface area contributed by atoms with Gasteiger partial charge in [0, 0.05) is 20.1 Å². The molecule has 3 N–H and O–H groups in total. The molecule has 0 fully saturated rings. The lowest BCUT2D eigenvalue weighted by atomic mass is 10.6. The summed E-state index contributed by atoms with van der Waals surface area (Å²) in [6.45, 7) is 4.75. The summed E-state index contributed by atoms with van der Waals surface area (Å²) in [5, 5.41) is 8.59. The third-order valence-electron chi connectivity index (χ3n) is 2.28. The van der Waals surface area contributed by atoms with Gasteiger partial charge in [0.15, 0.2) is 0 Å². The van der Waals surface area contributed by atoms with Gasteiger partial charge in [-0.1, -0.05) is 0 Å². The molecule has 0 bridgehead atoms. The summed E-state index contributed by atoms with van der Waals surface area (Å²) in [5.41, 5.74) is 5.26. The van der Waals surface area contributed by atoms with E-state index in [0.29, 0.717) is 65.9 Å². The first-order chi connectivity index (χ1) is 9.68. The molecule has 0 saturated heterocycles. The van der Waals surface area contributed by atoms with E-state index in [0.717, 1.165) is 0 Å². The normalized spacial score (nSPS) is 10.7. The molecule has 0 aromatic carbocycles. The lowest BCUT2D eigenvalue weighted by molar-refractivity contribution is -0.00233. The molecule has 0 atom stereocenters. The standard InChI is InChI=1S/C12H26N2O6/c1-14(12(15)16)3-5-18-7-9-20-11-10-19-8-6-17-4-2-13/h2-11,13H2,1H3,(H,15,16). The first-order valence-corrected chi connectivity index (χ1v) is 6.63. The number of nitrogens with zero attached hydrogens (tertiary/aromatic N) is 1. The fourth-order valence-electron chi connectivity index (χ4n) is 1.14. The Balaban J connectivity index is 3.04. The highest BCUT2D eigenvalue weighted by molar-refractivity contribution is 5.64. The van der Waals surface area contributed by atoms with Crippen LogP contribution < -0.4 is 5.73 Å². The van der Waals surface area contributed by atoms with Crippen LogP contribution in [0.5, 0.6) is 0 Å². The second kappa shape index (κ2) is 14.5. The minimum Gasteiger partial charge on any atom is -0.465 e. The Morgan fingerprint density at radius 2 is 1.30 bits per heavy atom. The van der Waals surface area contributed by atoms with E-state index in [1.54, 1.807) is 0 Å². The largest absolute Gasteiger partial charge is 0.465 e. The molecule has 0 aliphatic heterocycles. The van der Waals surface area contributed by atoms with Crippen molar-refractivity contribution < 1.29 is 28.8 Å². The average molecular weight is 294 g/mol. The summed E-state index contributed by atoms with van der Waals surface area (Å²) in [5.74, 6) is 0. The topological polar surface area (TPSA) is 103 Å². The average Bonchev–Trinajstić information content (AvgIpc) is 2.43. The summed E-state index contributed by atoms with van der Waals surface area (Å²) in [6, 6.07) is 0. The van der Waals surface area contributed by atoms with E-state index in [4.69, 9.17) is 29.8 Å². The van der Waals surface area contributed by atoms with E-state index in [9.17, 15) is 4.79 Å². The molecular weight excluding hydrogens is 268 g/mol.